The van der Waals surface area contributed by atoms with Gasteiger partial charge in [-0.3, -0.25) is 4.79 Å². The highest BCUT2D eigenvalue weighted by Crippen LogP contribution is 2.10. The second-order valence-corrected chi connectivity index (χ2v) is 4.75. The van der Waals surface area contributed by atoms with Crippen LogP contribution in [0.25, 0.3) is 0 Å². The Morgan fingerprint density at radius 1 is 1.22 bits per heavy atom. The molecular weight excluding hydrogens is 226 g/mol. The number of nitrogens with zero attached hydrogens (tertiary/aromatic N) is 1. The average Bonchev–Trinajstić information content (AvgIpc) is 2.40. The number of hydrogen-bond donors (Lipinski definition) is 2. The van der Waals surface area contributed by atoms with Gasteiger partial charge in [0.25, 0.3) is 5.91 Å². The van der Waals surface area contributed by atoms with Crippen LogP contribution in [0.15, 0.2) is 24.3 Å². The van der Waals surface area contributed by atoms with Gasteiger partial charge in [-0.15, -0.1) is 0 Å². The predicted octanol–water partition coefficient (Wildman–Crippen LogP) is 1.48. The number of anilines is 1. The summed E-state index contributed by atoms with van der Waals surface area (Å²) >= 11 is 0. The van der Waals surface area contributed by atoms with Crippen molar-refractivity contribution in [3.8, 4) is 0 Å². The molecule has 0 bridgehead atoms. The number of hydrogen-bond acceptors (Lipinski definition) is 3. The van der Waals surface area contributed by atoms with Crippen molar-refractivity contribution in [1.82, 2.24) is 10.2 Å². The number of amides is 1. The van der Waals surface area contributed by atoms with Gasteiger partial charge in [0.05, 0.1) is 5.56 Å². The number of likely N-dealkylation sites (tertiary alicyclic amines) is 1. The maximum Gasteiger partial charge on any atom is 0.253 e. The lowest BCUT2D eigenvalue weighted by atomic mass is 10.1. The summed E-state index contributed by atoms with van der Waals surface area (Å²) in [5, 5.41) is 2.93. The van der Waals surface area contributed by atoms with Crippen molar-refractivity contribution in [2.24, 2.45) is 0 Å². The summed E-state index contributed by atoms with van der Waals surface area (Å²) in [6, 6.07) is 7.17. The maximum absolute atomic E-state index is 11.9. The van der Waals surface area contributed by atoms with Crippen LogP contribution < -0.4 is 11.1 Å². The van der Waals surface area contributed by atoms with Gasteiger partial charge < -0.3 is 16.0 Å². The van der Waals surface area contributed by atoms with Gasteiger partial charge in [0.15, 0.2) is 0 Å². The van der Waals surface area contributed by atoms with E-state index < -0.39 is 0 Å². The Hall–Kier alpha value is -1.55. The van der Waals surface area contributed by atoms with E-state index in [4.69, 9.17) is 5.73 Å². The highest BCUT2D eigenvalue weighted by Gasteiger charge is 2.11. The van der Waals surface area contributed by atoms with Crippen LogP contribution in [0.4, 0.5) is 5.69 Å². The van der Waals surface area contributed by atoms with E-state index in [1.807, 2.05) is 12.1 Å². The van der Waals surface area contributed by atoms with Crippen LogP contribution >= 0.6 is 0 Å². The number of rotatable bonds is 4. The monoisotopic (exact) mass is 247 g/mol. The Bertz CT molecular complexity index is 400. The molecule has 1 heterocycles. The number of carbonyl (C=O) groups excluding carboxylic acids is 1. The minimum Gasteiger partial charge on any atom is -0.398 e. The number of nitrogens with two attached hydrogens (primary N) is 1. The zero-order chi connectivity index (χ0) is 12.8. The first-order valence-electron chi connectivity index (χ1n) is 6.62. The Morgan fingerprint density at radius 3 is 2.67 bits per heavy atom. The van der Waals surface area contributed by atoms with Gasteiger partial charge in [-0.05, 0) is 38.1 Å². The molecule has 0 atom stereocenters. The van der Waals surface area contributed by atoms with Crippen molar-refractivity contribution in [1.29, 1.82) is 0 Å². The van der Waals surface area contributed by atoms with Gasteiger partial charge in [-0.2, -0.15) is 0 Å². The number of piperidine rings is 1. The summed E-state index contributed by atoms with van der Waals surface area (Å²) in [7, 11) is 0. The molecular formula is C14H21N3O. The number of carbonyl (C=O) groups is 1. The number of para-hydroxylation sites is 1. The third-order valence-electron chi connectivity index (χ3n) is 3.37. The van der Waals surface area contributed by atoms with E-state index in [0.29, 0.717) is 17.8 Å². The van der Waals surface area contributed by atoms with E-state index >= 15 is 0 Å². The van der Waals surface area contributed by atoms with Crippen molar-refractivity contribution >= 4 is 11.6 Å². The second kappa shape index (κ2) is 6.40. The fraction of sp³-hybridized carbons (Fsp3) is 0.500. The largest absolute Gasteiger partial charge is 0.398 e. The minimum atomic E-state index is -0.0786. The molecule has 1 fully saturated rings. The molecule has 1 aromatic carbocycles. The summed E-state index contributed by atoms with van der Waals surface area (Å²) in [4.78, 5) is 14.3. The van der Waals surface area contributed by atoms with Crippen LogP contribution in [0.1, 0.15) is 29.6 Å². The summed E-state index contributed by atoms with van der Waals surface area (Å²) < 4.78 is 0. The zero-order valence-corrected chi connectivity index (χ0v) is 10.7. The van der Waals surface area contributed by atoms with E-state index in [0.717, 1.165) is 19.6 Å². The molecule has 98 valence electrons. The number of benzene rings is 1. The lowest BCUT2D eigenvalue weighted by Gasteiger charge is -2.26. The van der Waals surface area contributed by atoms with Crippen LogP contribution in [0.3, 0.4) is 0 Å². The smallest absolute Gasteiger partial charge is 0.253 e. The van der Waals surface area contributed by atoms with Crippen LogP contribution in [0.5, 0.6) is 0 Å². The molecule has 0 spiro atoms. The van der Waals surface area contributed by atoms with Crippen molar-refractivity contribution < 1.29 is 4.79 Å². The standard InChI is InChI=1S/C14H21N3O/c15-13-7-3-2-6-12(13)14(18)16-8-11-17-9-4-1-5-10-17/h2-3,6-7H,1,4-5,8-11,15H2,(H,16,18). The molecule has 4 heteroatoms. The molecule has 4 nitrogen and oxygen atoms in total. The fourth-order valence-electron chi connectivity index (χ4n) is 2.31. The molecule has 0 aromatic heterocycles. The van der Waals surface area contributed by atoms with Crippen LogP contribution in [-0.4, -0.2) is 37.0 Å². The Kier molecular flexibility index (Phi) is 4.59. The van der Waals surface area contributed by atoms with Gasteiger partial charge in [-0.1, -0.05) is 18.6 Å². The molecule has 1 aliphatic heterocycles. The third-order valence-corrected chi connectivity index (χ3v) is 3.37. The van der Waals surface area contributed by atoms with E-state index in [2.05, 4.69) is 10.2 Å². The first-order chi connectivity index (χ1) is 8.77. The predicted molar refractivity (Wildman–Crippen MR) is 73.5 cm³/mol. The molecule has 1 aliphatic rings. The molecule has 0 radical (unpaired) electrons. The van der Waals surface area contributed by atoms with E-state index in [9.17, 15) is 4.79 Å². The molecule has 3 N–H and O–H groups in total. The summed E-state index contributed by atoms with van der Waals surface area (Å²) in [5.74, 6) is -0.0786. The van der Waals surface area contributed by atoms with Crippen LogP contribution in [0, 0.1) is 0 Å². The highest BCUT2D eigenvalue weighted by molar-refractivity contribution is 5.99. The third kappa shape index (κ3) is 3.47. The SMILES string of the molecule is Nc1ccccc1C(=O)NCCN1CCCCC1. The highest BCUT2D eigenvalue weighted by atomic mass is 16.1. The van der Waals surface area contributed by atoms with Crippen molar-refractivity contribution in [2.45, 2.75) is 19.3 Å². The quantitative estimate of drug-likeness (QED) is 0.792. The van der Waals surface area contributed by atoms with Gasteiger partial charge in [0.2, 0.25) is 0 Å². The van der Waals surface area contributed by atoms with Gasteiger partial charge in [-0.25, -0.2) is 0 Å². The van der Waals surface area contributed by atoms with E-state index in [-0.39, 0.29) is 5.91 Å². The second-order valence-electron chi connectivity index (χ2n) is 4.75. The summed E-state index contributed by atoms with van der Waals surface area (Å²) in [5.41, 5.74) is 6.87. The summed E-state index contributed by atoms with van der Waals surface area (Å²) in [6.07, 6.45) is 3.89. The summed E-state index contributed by atoms with van der Waals surface area (Å²) in [6.45, 7) is 3.93. The van der Waals surface area contributed by atoms with Crippen molar-refractivity contribution in [3.63, 3.8) is 0 Å². The molecule has 18 heavy (non-hydrogen) atoms. The molecule has 0 unspecified atom stereocenters. The Morgan fingerprint density at radius 2 is 1.94 bits per heavy atom. The fourth-order valence-corrected chi connectivity index (χ4v) is 2.31. The number of nitrogens with one attached hydrogen (secondary N) is 1. The first kappa shape index (κ1) is 12.9. The lowest BCUT2D eigenvalue weighted by Crippen LogP contribution is -2.37. The molecule has 1 saturated heterocycles. The Balaban J connectivity index is 1.76. The molecule has 1 amide bonds. The van der Waals surface area contributed by atoms with Gasteiger partial charge in [0, 0.05) is 18.8 Å². The molecule has 2 rings (SSSR count). The van der Waals surface area contributed by atoms with E-state index in [1.54, 1.807) is 12.1 Å². The topological polar surface area (TPSA) is 58.4 Å². The maximum atomic E-state index is 11.9. The van der Waals surface area contributed by atoms with Gasteiger partial charge in [0.1, 0.15) is 0 Å². The minimum absolute atomic E-state index is 0.0786. The molecule has 1 aromatic rings. The van der Waals surface area contributed by atoms with Crippen LogP contribution in [-0.2, 0) is 0 Å². The molecule has 0 aliphatic carbocycles. The van der Waals surface area contributed by atoms with Crippen molar-refractivity contribution in [3.05, 3.63) is 29.8 Å². The molecule has 0 saturated carbocycles. The van der Waals surface area contributed by atoms with E-state index in [1.165, 1.54) is 19.3 Å². The van der Waals surface area contributed by atoms with Crippen molar-refractivity contribution in [2.75, 3.05) is 31.9 Å². The Labute approximate surface area is 108 Å². The normalized spacial score (nSPS) is 16.4. The first-order valence-corrected chi connectivity index (χ1v) is 6.62. The average molecular weight is 247 g/mol. The van der Waals surface area contributed by atoms with Crippen LogP contribution in [0.2, 0.25) is 0 Å². The van der Waals surface area contributed by atoms with Gasteiger partial charge >= 0.3 is 0 Å². The zero-order valence-electron chi connectivity index (χ0n) is 10.7. The lowest BCUT2D eigenvalue weighted by molar-refractivity contribution is 0.0947. The number of nitrogen functional groups attached to an aromatic ring is 1.